The molecule has 0 aliphatic carbocycles. The summed E-state index contributed by atoms with van der Waals surface area (Å²) in [5.74, 6) is -0.261. The number of benzene rings is 2. The number of rotatable bonds is 7. The van der Waals surface area contributed by atoms with Gasteiger partial charge in [0.2, 0.25) is 5.91 Å². The van der Waals surface area contributed by atoms with Crippen LogP contribution in [0.2, 0.25) is 0 Å². The Bertz CT molecular complexity index is 1150. The Hall–Kier alpha value is -3.68. The van der Waals surface area contributed by atoms with Gasteiger partial charge in [-0.1, -0.05) is 39.8 Å². The Kier molecular flexibility index (Phi) is 7.71. The van der Waals surface area contributed by atoms with Crippen LogP contribution in [0, 0.1) is 5.82 Å². The van der Waals surface area contributed by atoms with Crippen LogP contribution in [0.5, 0.6) is 0 Å². The molecule has 8 heteroatoms. The van der Waals surface area contributed by atoms with Gasteiger partial charge in [0.15, 0.2) is 0 Å². The molecule has 3 amide bonds. The predicted octanol–water partition coefficient (Wildman–Crippen LogP) is 5.36. The van der Waals surface area contributed by atoms with Crippen molar-refractivity contribution in [1.29, 1.82) is 0 Å². The van der Waals surface area contributed by atoms with Gasteiger partial charge in [0.05, 0.1) is 11.4 Å². The van der Waals surface area contributed by atoms with Crippen molar-refractivity contribution < 1.29 is 14.0 Å². The highest BCUT2D eigenvalue weighted by Gasteiger charge is 2.23. The minimum absolute atomic E-state index is 0.130. The van der Waals surface area contributed by atoms with E-state index in [1.165, 1.54) is 17.0 Å². The van der Waals surface area contributed by atoms with E-state index in [-0.39, 0.29) is 29.7 Å². The van der Waals surface area contributed by atoms with Crippen molar-refractivity contribution in [3.8, 4) is 5.69 Å². The topological polar surface area (TPSA) is 79.3 Å². The van der Waals surface area contributed by atoms with Crippen molar-refractivity contribution in [1.82, 2.24) is 14.7 Å². The Balaban J connectivity index is 1.76. The third-order valence-electron chi connectivity index (χ3n) is 5.41. The minimum Gasteiger partial charge on any atom is -0.315 e. The first kappa shape index (κ1) is 25.0. The van der Waals surface area contributed by atoms with Crippen molar-refractivity contribution in [2.24, 2.45) is 0 Å². The molecule has 0 bridgehead atoms. The zero-order valence-corrected chi connectivity index (χ0v) is 20.4. The number of nitrogens with one attached hydrogen (secondary N) is 2. The fourth-order valence-corrected chi connectivity index (χ4v) is 3.37. The number of carbonyl (C=O) groups is 2. The minimum atomic E-state index is -0.358. The normalized spacial score (nSPS) is 11.2. The molecule has 0 aliphatic heterocycles. The van der Waals surface area contributed by atoms with Crippen LogP contribution in [0.1, 0.15) is 45.9 Å². The smallest absolute Gasteiger partial charge is 0.315 e. The van der Waals surface area contributed by atoms with Crippen LogP contribution in [0.15, 0.2) is 54.6 Å². The molecule has 2 N–H and O–H groups in total. The molecule has 0 radical (unpaired) electrons. The molecule has 0 atom stereocenters. The molecule has 0 saturated carbocycles. The van der Waals surface area contributed by atoms with E-state index in [0.29, 0.717) is 23.7 Å². The first-order valence-corrected chi connectivity index (χ1v) is 11.4. The number of urea groups is 1. The maximum absolute atomic E-state index is 13.4. The number of hydrogen-bond donors (Lipinski definition) is 2. The summed E-state index contributed by atoms with van der Waals surface area (Å²) < 4.78 is 15.0. The zero-order valence-electron chi connectivity index (χ0n) is 20.4. The second kappa shape index (κ2) is 10.5. The van der Waals surface area contributed by atoms with Crippen molar-refractivity contribution >= 4 is 23.4 Å². The maximum Gasteiger partial charge on any atom is 0.322 e. The average molecular weight is 466 g/mol. The molecular weight excluding hydrogens is 433 g/mol. The largest absolute Gasteiger partial charge is 0.322 e. The lowest BCUT2D eigenvalue weighted by atomic mass is 9.92. The fraction of sp³-hybridized carbons (Fsp3) is 0.346. The molecule has 1 aromatic heterocycles. The maximum atomic E-state index is 13.4. The number of nitrogens with zero attached hydrogens (tertiary/aromatic N) is 3. The van der Waals surface area contributed by atoms with Crippen LogP contribution >= 0.6 is 0 Å². The van der Waals surface area contributed by atoms with E-state index in [9.17, 15) is 14.0 Å². The zero-order chi connectivity index (χ0) is 24.9. The monoisotopic (exact) mass is 465 g/mol. The Labute approximate surface area is 200 Å². The number of carbonyl (C=O) groups excluding carboxylic acids is 2. The highest BCUT2D eigenvalue weighted by atomic mass is 19.1. The van der Waals surface area contributed by atoms with Gasteiger partial charge in [-0.05, 0) is 55.3 Å². The first-order valence-electron chi connectivity index (χ1n) is 11.4. The summed E-state index contributed by atoms with van der Waals surface area (Å²) in [6.45, 7) is 10.2. The van der Waals surface area contributed by atoms with E-state index in [1.54, 1.807) is 22.9 Å². The number of anilines is 2. The lowest BCUT2D eigenvalue weighted by Crippen LogP contribution is -2.40. The van der Waals surface area contributed by atoms with E-state index in [4.69, 9.17) is 0 Å². The number of likely N-dealkylation sites (N-methyl/N-ethyl adjacent to an activating group) is 1. The van der Waals surface area contributed by atoms with E-state index in [2.05, 4.69) is 15.7 Å². The molecule has 0 unspecified atom stereocenters. The van der Waals surface area contributed by atoms with Gasteiger partial charge in [0.25, 0.3) is 0 Å². The standard InChI is InChI=1S/C26H32FN5O2/c1-6-18-9-8-10-20(15-18)28-25(34)31(7-2)17-24(33)29-23-16-22(26(3,4)5)30-32(23)21-13-11-19(27)12-14-21/h8-16H,6-7,17H2,1-5H3,(H,28,34)(H,29,33). The molecule has 34 heavy (non-hydrogen) atoms. The van der Waals surface area contributed by atoms with E-state index >= 15 is 0 Å². The molecule has 0 fully saturated rings. The van der Waals surface area contributed by atoms with Crippen LogP contribution in [0.25, 0.3) is 5.69 Å². The Morgan fingerprint density at radius 3 is 2.35 bits per heavy atom. The van der Waals surface area contributed by atoms with Gasteiger partial charge >= 0.3 is 6.03 Å². The van der Waals surface area contributed by atoms with Gasteiger partial charge in [-0.15, -0.1) is 0 Å². The van der Waals surface area contributed by atoms with Crippen LogP contribution in [-0.2, 0) is 16.6 Å². The van der Waals surface area contributed by atoms with E-state index < -0.39 is 0 Å². The summed E-state index contributed by atoms with van der Waals surface area (Å²) in [5, 5.41) is 10.3. The highest BCUT2D eigenvalue weighted by Crippen LogP contribution is 2.26. The van der Waals surface area contributed by atoms with Crippen molar-refractivity contribution in [2.45, 2.75) is 46.5 Å². The van der Waals surface area contributed by atoms with Gasteiger partial charge in [-0.3, -0.25) is 4.79 Å². The highest BCUT2D eigenvalue weighted by molar-refractivity contribution is 5.96. The van der Waals surface area contributed by atoms with Crippen molar-refractivity contribution in [2.75, 3.05) is 23.7 Å². The number of aryl methyl sites for hydroxylation is 1. The molecule has 3 aromatic rings. The molecule has 0 aliphatic rings. The second-order valence-corrected chi connectivity index (χ2v) is 9.10. The molecule has 0 spiro atoms. The van der Waals surface area contributed by atoms with Gasteiger partial charge in [0, 0.05) is 23.7 Å². The molecule has 3 rings (SSSR count). The lowest BCUT2D eigenvalue weighted by molar-refractivity contribution is -0.116. The van der Waals surface area contributed by atoms with Crippen LogP contribution in [0.4, 0.5) is 20.7 Å². The number of amides is 3. The summed E-state index contributed by atoms with van der Waals surface area (Å²) in [6.07, 6.45) is 0.863. The summed E-state index contributed by atoms with van der Waals surface area (Å²) >= 11 is 0. The van der Waals surface area contributed by atoms with Crippen LogP contribution in [0.3, 0.4) is 0 Å². The quantitative estimate of drug-likeness (QED) is 0.493. The van der Waals surface area contributed by atoms with Crippen LogP contribution < -0.4 is 10.6 Å². The van der Waals surface area contributed by atoms with Crippen molar-refractivity contribution in [3.05, 3.63) is 71.7 Å². The predicted molar refractivity (Wildman–Crippen MR) is 133 cm³/mol. The van der Waals surface area contributed by atoms with Gasteiger partial charge < -0.3 is 15.5 Å². The third kappa shape index (κ3) is 6.21. The third-order valence-corrected chi connectivity index (χ3v) is 5.41. The summed E-state index contributed by atoms with van der Waals surface area (Å²) in [5.41, 5.74) is 2.93. The summed E-state index contributed by atoms with van der Waals surface area (Å²) in [4.78, 5) is 27.1. The molecule has 7 nitrogen and oxygen atoms in total. The SMILES string of the molecule is CCc1cccc(NC(=O)N(CC)CC(=O)Nc2cc(C(C)(C)C)nn2-c2ccc(F)cc2)c1. The molecule has 2 aromatic carbocycles. The van der Waals surface area contributed by atoms with E-state index in [0.717, 1.165) is 17.7 Å². The van der Waals surface area contributed by atoms with Gasteiger partial charge in [0.1, 0.15) is 18.2 Å². The van der Waals surface area contributed by atoms with Crippen LogP contribution in [-0.4, -0.2) is 39.7 Å². The van der Waals surface area contributed by atoms with Gasteiger partial charge in [-0.2, -0.15) is 5.10 Å². The summed E-state index contributed by atoms with van der Waals surface area (Å²) in [6, 6.07) is 15.0. The van der Waals surface area contributed by atoms with Gasteiger partial charge in [-0.25, -0.2) is 13.9 Å². The summed E-state index contributed by atoms with van der Waals surface area (Å²) in [7, 11) is 0. The molecular formula is C26H32FN5O2. The first-order chi connectivity index (χ1) is 16.1. The molecule has 1 heterocycles. The van der Waals surface area contributed by atoms with Crippen molar-refractivity contribution in [3.63, 3.8) is 0 Å². The lowest BCUT2D eigenvalue weighted by Gasteiger charge is -2.21. The number of hydrogen-bond acceptors (Lipinski definition) is 3. The van der Waals surface area contributed by atoms with E-state index in [1.807, 2.05) is 58.9 Å². The fourth-order valence-electron chi connectivity index (χ4n) is 3.37. The molecule has 0 saturated heterocycles. The Morgan fingerprint density at radius 2 is 1.74 bits per heavy atom. The average Bonchev–Trinajstić information content (AvgIpc) is 3.22. The molecule has 180 valence electrons. The Morgan fingerprint density at radius 1 is 1.03 bits per heavy atom. The second-order valence-electron chi connectivity index (χ2n) is 9.10. The number of aromatic nitrogens is 2. The number of halogens is 1.